The summed E-state index contributed by atoms with van der Waals surface area (Å²) in [5.41, 5.74) is 0. The summed E-state index contributed by atoms with van der Waals surface area (Å²) in [7, 11) is 0. The average Bonchev–Trinajstić information content (AvgIpc) is 2.11. The highest BCUT2D eigenvalue weighted by atomic mass is 79.9. The van der Waals surface area contributed by atoms with Gasteiger partial charge in [-0.05, 0) is 41.1 Å². The van der Waals surface area contributed by atoms with E-state index in [-0.39, 0.29) is 6.10 Å². The van der Waals surface area contributed by atoms with E-state index in [1.165, 1.54) is 0 Å². The lowest BCUT2D eigenvalue weighted by Gasteiger charge is -2.13. The number of hydrogen-bond donors (Lipinski definition) is 0. The van der Waals surface area contributed by atoms with E-state index in [4.69, 9.17) is 4.74 Å². The van der Waals surface area contributed by atoms with Gasteiger partial charge in [0.05, 0.1) is 4.47 Å². The zero-order valence-corrected chi connectivity index (χ0v) is 11.8. The summed E-state index contributed by atoms with van der Waals surface area (Å²) < 4.78 is 7.65. The van der Waals surface area contributed by atoms with E-state index >= 15 is 0 Å². The van der Waals surface area contributed by atoms with Crippen molar-refractivity contribution in [2.75, 3.05) is 5.33 Å². The van der Waals surface area contributed by atoms with Gasteiger partial charge in [0.2, 0.25) is 0 Å². The van der Waals surface area contributed by atoms with Gasteiger partial charge in [0.1, 0.15) is 11.9 Å². The maximum Gasteiger partial charge on any atom is 0.135 e. The maximum atomic E-state index is 5.65. The molecule has 1 atom stereocenters. The van der Waals surface area contributed by atoms with Crippen LogP contribution in [0.4, 0.5) is 0 Å². The predicted molar refractivity (Wildman–Crippen MR) is 65.7 cm³/mol. The fraction of sp³-hybridized carbons (Fsp3) is 0.333. The standard InChI is InChI=1S/C9H9Br3O/c1-6(5-10)13-9-4-7(11)2-3-8(9)12/h2-4,6H,5H2,1H3. The van der Waals surface area contributed by atoms with Crippen LogP contribution in [0, 0.1) is 0 Å². The Bertz CT molecular complexity index is 288. The van der Waals surface area contributed by atoms with Crippen molar-refractivity contribution in [2.24, 2.45) is 0 Å². The van der Waals surface area contributed by atoms with E-state index in [1.54, 1.807) is 0 Å². The molecule has 0 fully saturated rings. The normalized spacial score (nSPS) is 12.6. The molecular weight excluding hydrogens is 364 g/mol. The second kappa shape index (κ2) is 5.37. The van der Waals surface area contributed by atoms with Crippen molar-refractivity contribution in [3.05, 3.63) is 27.1 Å². The molecule has 1 aromatic rings. The van der Waals surface area contributed by atoms with E-state index in [9.17, 15) is 0 Å². The highest BCUT2D eigenvalue weighted by molar-refractivity contribution is 9.11. The minimum absolute atomic E-state index is 0.172. The molecule has 1 aromatic carbocycles. The molecule has 0 bridgehead atoms. The van der Waals surface area contributed by atoms with Gasteiger partial charge in [-0.1, -0.05) is 31.9 Å². The van der Waals surface area contributed by atoms with Gasteiger partial charge in [-0.25, -0.2) is 0 Å². The van der Waals surface area contributed by atoms with Crippen LogP contribution < -0.4 is 4.74 Å². The first-order valence-electron chi connectivity index (χ1n) is 3.81. The van der Waals surface area contributed by atoms with Crippen molar-refractivity contribution < 1.29 is 4.74 Å². The highest BCUT2D eigenvalue weighted by Crippen LogP contribution is 2.29. The van der Waals surface area contributed by atoms with Crippen molar-refractivity contribution >= 4 is 47.8 Å². The van der Waals surface area contributed by atoms with E-state index in [2.05, 4.69) is 47.8 Å². The lowest BCUT2D eigenvalue weighted by Crippen LogP contribution is -2.13. The van der Waals surface area contributed by atoms with Crippen LogP contribution in [0.5, 0.6) is 5.75 Å². The minimum Gasteiger partial charge on any atom is -0.489 e. The number of ether oxygens (including phenoxy) is 1. The summed E-state index contributed by atoms with van der Waals surface area (Å²) in [5.74, 6) is 0.862. The molecule has 0 saturated carbocycles. The number of hydrogen-bond acceptors (Lipinski definition) is 1. The number of halogens is 3. The topological polar surface area (TPSA) is 9.23 Å². The Morgan fingerprint density at radius 2 is 2.08 bits per heavy atom. The van der Waals surface area contributed by atoms with Gasteiger partial charge in [-0.2, -0.15) is 0 Å². The molecule has 1 rings (SSSR count). The van der Waals surface area contributed by atoms with Gasteiger partial charge in [0.15, 0.2) is 0 Å². The van der Waals surface area contributed by atoms with Crippen LogP contribution >= 0.6 is 47.8 Å². The molecule has 0 heterocycles. The molecule has 13 heavy (non-hydrogen) atoms. The molecule has 0 amide bonds. The summed E-state index contributed by atoms with van der Waals surface area (Å²) in [6.45, 7) is 2.02. The quantitative estimate of drug-likeness (QED) is 0.716. The van der Waals surface area contributed by atoms with Crippen LogP contribution in [-0.4, -0.2) is 11.4 Å². The molecule has 0 aliphatic rings. The molecule has 0 aliphatic heterocycles. The van der Waals surface area contributed by atoms with Gasteiger partial charge in [0.25, 0.3) is 0 Å². The van der Waals surface area contributed by atoms with Gasteiger partial charge in [-0.3, -0.25) is 0 Å². The van der Waals surface area contributed by atoms with E-state index in [0.29, 0.717) is 0 Å². The van der Waals surface area contributed by atoms with Crippen LogP contribution in [0.25, 0.3) is 0 Å². The van der Waals surface area contributed by atoms with Crippen LogP contribution in [0.1, 0.15) is 6.92 Å². The smallest absolute Gasteiger partial charge is 0.135 e. The second-order valence-electron chi connectivity index (χ2n) is 2.66. The molecule has 0 saturated heterocycles. The fourth-order valence-electron chi connectivity index (χ4n) is 0.816. The van der Waals surface area contributed by atoms with Crippen molar-refractivity contribution in [3.8, 4) is 5.75 Å². The average molecular weight is 373 g/mol. The predicted octanol–water partition coefficient (Wildman–Crippen LogP) is 4.37. The third-order valence-corrected chi connectivity index (χ3v) is 3.50. The Hall–Kier alpha value is 0.460. The van der Waals surface area contributed by atoms with Gasteiger partial charge < -0.3 is 4.74 Å². The Morgan fingerprint density at radius 1 is 1.38 bits per heavy atom. The molecular formula is C9H9Br3O. The Kier molecular flexibility index (Phi) is 4.76. The minimum atomic E-state index is 0.172. The highest BCUT2D eigenvalue weighted by Gasteiger charge is 2.05. The first-order chi connectivity index (χ1) is 6.13. The van der Waals surface area contributed by atoms with Crippen LogP contribution in [0.15, 0.2) is 27.1 Å². The van der Waals surface area contributed by atoms with Gasteiger partial charge >= 0.3 is 0 Å². The second-order valence-corrected chi connectivity index (χ2v) is 5.08. The Balaban J connectivity index is 2.81. The summed E-state index contributed by atoms with van der Waals surface area (Å²) in [6.07, 6.45) is 0.172. The summed E-state index contributed by atoms with van der Waals surface area (Å²) in [5, 5.41) is 0.825. The molecule has 72 valence electrons. The number of alkyl halides is 1. The van der Waals surface area contributed by atoms with Crippen LogP contribution in [0.3, 0.4) is 0 Å². The molecule has 0 N–H and O–H groups in total. The molecule has 0 aliphatic carbocycles. The van der Waals surface area contributed by atoms with Crippen molar-refractivity contribution in [1.82, 2.24) is 0 Å². The van der Waals surface area contributed by atoms with E-state index in [1.807, 2.05) is 25.1 Å². The SMILES string of the molecule is CC(CBr)Oc1cc(Br)ccc1Br. The third kappa shape index (κ3) is 3.60. The van der Waals surface area contributed by atoms with Gasteiger partial charge in [-0.15, -0.1) is 0 Å². The number of benzene rings is 1. The van der Waals surface area contributed by atoms with E-state index < -0.39 is 0 Å². The molecule has 0 radical (unpaired) electrons. The zero-order valence-electron chi connectivity index (χ0n) is 7.06. The monoisotopic (exact) mass is 370 g/mol. The summed E-state index contributed by atoms with van der Waals surface area (Å²) >= 11 is 10.2. The molecule has 0 aromatic heterocycles. The summed E-state index contributed by atoms with van der Waals surface area (Å²) in [4.78, 5) is 0. The maximum absolute atomic E-state index is 5.65. The lowest BCUT2D eigenvalue weighted by atomic mass is 10.3. The number of rotatable bonds is 3. The molecule has 1 nitrogen and oxygen atoms in total. The van der Waals surface area contributed by atoms with Crippen LogP contribution in [-0.2, 0) is 0 Å². The van der Waals surface area contributed by atoms with Crippen molar-refractivity contribution in [1.29, 1.82) is 0 Å². The van der Waals surface area contributed by atoms with Crippen LogP contribution in [0.2, 0.25) is 0 Å². The van der Waals surface area contributed by atoms with Crippen molar-refractivity contribution in [2.45, 2.75) is 13.0 Å². The first-order valence-corrected chi connectivity index (χ1v) is 6.52. The fourth-order valence-corrected chi connectivity index (χ4v) is 1.63. The Morgan fingerprint density at radius 3 is 2.69 bits per heavy atom. The van der Waals surface area contributed by atoms with E-state index in [0.717, 1.165) is 20.0 Å². The first kappa shape index (κ1) is 11.5. The lowest BCUT2D eigenvalue weighted by molar-refractivity contribution is 0.246. The molecule has 4 heteroatoms. The Labute approximate surface area is 103 Å². The zero-order chi connectivity index (χ0) is 9.84. The third-order valence-electron chi connectivity index (χ3n) is 1.44. The molecule has 1 unspecified atom stereocenters. The van der Waals surface area contributed by atoms with Gasteiger partial charge in [0, 0.05) is 9.80 Å². The molecule has 0 spiro atoms. The largest absolute Gasteiger partial charge is 0.489 e. The summed E-state index contributed by atoms with van der Waals surface area (Å²) in [6, 6.07) is 5.87. The van der Waals surface area contributed by atoms with Crippen molar-refractivity contribution in [3.63, 3.8) is 0 Å².